The van der Waals surface area contributed by atoms with E-state index in [1.165, 1.54) is 6.33 Å². The highest BCUT2D eigenvalue weighted by molar-refractivity contribution is 5.66. The van der Waals surface area contributed by atoms with Crippen LogP contribution in [-0.4, -0.2) is 20.2 Å². The SMILES string of the molecule is O=c1[nH][n+](=O)[nH]c2nc[nH]c12. The van der Waals surface area contributed by atoms with Crippen LogP contribution in [-0.2, 0) is 0 Å². The zero-order chi connectivity index (χ0) is 7.84. The zero-order valence-electron chi connectivity index (χ0n) is 5.29. The number of hydrogen-bond donors (Lipinski definition) is 3. The normalized spacial score (nSPS) is 10.5. The van der Waals surface area contributed by atoms with Crippen LogP contribution in [0.3, 0.4) is 0 Å². The maximum absolute atomic E-state index is 10.9. The standard InChI is InChI=1S/C4H3N5O2/c10-4-2-3(6-1-5-2)7-9(11)8-4/h1H,(H2-,5,6,7,8,10,11)/p+1. The minimum absolute atomic E-state index is 0.200. The van der Waals surface area contributed by atoms with Crippen LogP contribution in [0.15, 0.2) is 11.1 Å². The minimum Gasteiger partial charge on any atom is -0.338 e. The van der Waals surface area contributed by atoms with Gasteiger partial charge in [0.05, 0.1) is 11.2 Å². The molecule has 0 bridgehead atoms. The average molecular weight is 154 g/mol. The zero-order valence-corrected chi connectivity index (χ0v) is 5.29. The first-order chi connectivity index (χ1) is 5.27. The molecule has 2 aromatic heterocycles. The van der Waals surface area contributed by atoms with Gasteiger partial charge in [0.2, 0.25) is 5.65 Å². The minimum atomic E-state index is -0.494. The van der Waals surface area contributed by atoms with Crippen LogP contribution in [0.1, 0.15) is 0 Å². The Hall–Kier alpha value is -1.92. The molecule has 2 aromatic rings. The number of aromatic amines is 3. The van der Waals surface area contributed by atoms with Gasteiger partial charge in [-0.1, -0.05) is 5.10 Å². The molecule has 0 aliphatic carbocycles. The summed E-state index contributed by atoms with van der Waals surface area (Å²) in [6, 6.07) is 0. The summed E-state index contributed by atoms with van der Waals surface area (Å²) in [6.07, 6.45) is 1.33. The Labute approximate surface area is 58.7 Å². The van der Waals surface area contributed by atoms with Crippen LogP contribution < -0.4 is 10.2 Å². The van der Waals surface area contributed by atoms with Crippen molar-refractivity contribution < 1.29 is 4.66 Å². The summed E-state index contributed by atoms with van der Waals surface area (Å²) in [5.74, 6) is 0. The molecule has 0 saturated heterocycles. The fraction of sp³-hybridized carbons (Fsp3) is 0. The Morgan fingerprint density at radius 2 is 2.27 bits per heavy atom. The Bertz CT molecular complexity index is 491. The number of H-pyrrole nitrogens is 3. The van der Waals surface area contributed by atoms with Crippen LogP contribution in [0.25, 0.3) is 11.2 Å². The summed E-state index contributed by atoms with van der Waals surface area (Å²) in [5.41, 5.74) is 0.00657. The number of hydrogen-bond acceptors (Lipinski definition) is 3. The lowest BCUT2D eigenvalue weighted by atomic mass is 10.6. The van der Waals surface area contributed by atoms with Gasteiger partial charge in [-0.25, -0.2) is 4.98 Å². The highest BCUT2D eigenvalue weighted by Gasteiger charge is 2.05. The highest BCUT2D eigenvalue weighted by Crippen LogP contribution is 1.91. The van der Waals surface area contributed by atoms with E-state index in [-0.39, 0.29) is 15.8 Å². The Morgan fingerprint density at radius 1 is 1.45 bits per heavy atom. The molecule has 56 valence electrons. The van der Waals surface area contributed by atoms with Crippen molar-refractivity contribution in [2.45, 2.75) is 0 Å². The molecule has 0 fully saturated rings. The van der Waals surface area contributed by atoms with Crippen molar-refractivity contribution in [3.8, 4) is 0 Å². The molecule has 2 rings (SSSR count). The molecule has 0 aliphatic heterocycles. The van der Waals surface area contributed by atoms with Crippen LogP contribution in [0, 0.1) is 4.91 Å². The number of imidazole rings is 1. The molecule has 0 atom stereocenters. The van der Waals surface area contributed by atoms with Crippen LogP contribution in [0.2, 0.25) is 0 Å². The van der Waals surface area contributed by atoms with Gasteiger partial charge in [-0.15, -0.1) is 0 Å². The predicted molar refractivity (Wildman–Crippen MR) is 34.4 cm³/mol. The Kier molecular flexibility index (Phi) is 0.945. The van der Waals surface area contributed by atoms with E-state index < -0.39 is 5.56 Å². The van der Waals surface area contributed by atoms with E-state index in [4.69, 9.17) is 0 Å². The third kappa shape index (κ3) is 0.741. The van der Waals surface area contributed by atoms with E-state index in [9.17, 15) is 9.70 Å². The summed E-state index contributed by atoms with van der Waals surface area (Å²) in [6.45, 7) is 0. The fourth-order valence-corrected chi connectivity index (χ4v) is 0.824. The second kappa shape index (κ2) is 1.78. The van der Waals surface area contributed by atoms with Gasteiger partial charge in [0.1, 0.15) is 0 Å². The Morgan fingerprint density at radius 3 is 3.09 bits per heavy atom. The lowest BCUT2D eigenvalue weighted by Gasteiger charge is -1.75. The molecule has 0 aliphatic rings. The van der Waals surface area contributed by atoms with Crippen molar-refractivity contribution in [3.63, 3.8) is 0 Å². The van der Waals surface area contributed by atoms with Crippen molar-refractivity contribution >= 4 is 11.2 Å². The molecule has 2 heterocycles. The summed E-state index contributed by atoms with van der Waals surface area (Å²) in [7, 11) is 0. The molecule has 7 heteroatoms. The van der Waals surface area contributed by atoms with E-state index in [0.717, 1.165) is 0 Å². The van der Waals surface area contributed by atoms with Crippen LogP contribution in [0.4, 0.5) is 0 Å². The number of aromatic nitrogens is 5. The first kappa shape index (κ1) is 5.83. The first-order valence-corrected chi connectivity index (χ1v) is 2.85. The predicted octanol–water partition coefficient (Wildman–Crippen LogP) is -1.51. The van der Waals surface area contributed by atoms with Crippen molar-refractivity contribution in [1.29, 1.82) is 0 Å². The number of rotatable bonds is 0. The van der Waals surface area contributed by atoms with Gasteiger partial charge < -0.3 is 4.98 Å². The van der Waals surface area contributed by atoms with E-state index in [1.54, 1.807) is 0 Å². The maximum Gasteiger partial charge on any atom is 0.332 e. The molecule has 0 unspecified atom stereocenters. The van der Waals surface area contributed by atoms with Gasteiger partial charge in [-0.2, -0.15) is 0 Å². The maximum atomic E-state index is 10.9. The van der Waals surface area contributed by atoms with Gasteiger partial charge in [0.25, 0.3) is 4.66 Å². The monoisotopic (exact) mass is 154 g/mol. The number of fused-ring (bicyclic) bond motifs is 1. The second-order valence-corrected chi connectivity index (χ2v) is 1.97. The van der Waals surface area contributed by atoms with Gasteiger partial charge in [-0.05, 0) is 5.10 Å². The molecule has 11 heavy (non-hydrogen) atoms. The van der Waals surface area contributed by atoms with E-state index in [2.05, 4.69) is 15.1 Å². The summed E-state index contributed by atoms with van der Waals surface area (Å²) in [5, 5.41) is 4.25. The topological polar surface area (TPSA) is 100 Å². The summed E-state index contributed by atoms with van der Waals surface area (Å²) in [4.78, 5) is 27.7. The van der Waals surface area contributed by atoms with Gasteiger partial charge >= 0.3 is 5.56 Å². The quantitative estimate of drug-likeness (QED) is 0.402. The van der Waals surface area contributed by atoms with E-state index >= 15 is 0 Å². The first-order valence-electron chi connectivity index (χ1n) is 2.85. The second-order valence-electron chi connectivity index (χ2n) is 1.97. The molecule has 3 N–H and O–H groups in total. The van der Waals surface area contributed by atoms with Crippen LogP contribution >= 0.6 is 0 Å². The molecule has 0 radical (unpaired) electrons. The smallest absolute Gasteiger partial charge is 0.332 e. The van der Waals surface area contributed by atoms with Crippen molar-refractivity contribution in [1.82, 2.24) is 20.2 Å². The van der Waals surface area contributed by atoms with Crippen molar-refractivity contribution in [3.05, 3.63) is 21.6 Å². The van der Waals surface area contributed by atoms with Crippen molar-refractivity contribution in [2.24, 2.45) is 0 Å². The largest absolute Gasteiger partial charge is 0.338 e. The third-order valence-electron chi connectivity index (χ3n) is 1.28. The lowest BCUT2D eigenvalue weighted by molar-refractivity contribution is -0.627. The average Bonchev–Trinajstić information content (AvgIpc) is 2.34. The molecule has 0 aromatic carbocycles. The van der Waals surface area contributed by atoms with Gasteiger partial charge in [0, 0.05) is 0 Å². The molecule has 0 spiro atoms. The van der Waals surface area contributed by atoms with E-state index in [1.807, 2.05) is 5.10 Å². The van der Waals surface area contributed by atoms with Gasteiger partial charge in [-0.3, -0.25) is 4.79 Å². The molecular formula is C4H4N5O2+. The van der Waals surface area contributed by atoms with Gasteiger partial charge in [0.15, 0.2) is 5.52 Å². The highest BCUT2D eigenvalue weighted by atomic mass is 16.3. The summed E-state index contributed by atoms with van der Waals surface area (Å²) < 4.78 is 0.200. The molecule has 0 amide bonds. The number of nitrogens with one attached hydrogen (secondary N) is 3. The molecule has 0 saturated carbocycles. The van der Waals surface area contributed by atoms with E-state index in [0.29, 0.717) is 0 Å². The Balaban J connectivity index is 3.15. The lowest BCUT2D eigenvalue weighted by Crippen LogP contribution is -2.32. The molecular weight excluding hydrogens is 150 g/mol. The molecule has 7 nitrogen and oxygen atoms in total. The fourth-order valence-electron chi connectivity index (χ4n) is 0.824. The van der Waals surface area contributed by atoms with Crippen LogP contribution in [0.5, 0.6) is 0 Å². The third-order valence-corrected chi connectivity index (χ3v) is 1.28. The number of nitrogens with zero attached hydrogens (tertiary/aromatic N) is 2. The van der Waals surface area contributed by atoms with Crippen molar-refractivity contribution in [2.75, 3.05) is 0 Å². The summed E-state index contributed by atoms with van der Waals surface area (Å²) >= 11 is 0.